The summed E-state index contributed by atoms with van der Waals surface area (Å²) in [5.74, 6) is 0.898. The van der Waals surface area contributed by atoms with E-state index in [2.05, 4.69) is 12.1 Å². The van der Waals surface area contributed by atoms with Crippen LogP contribution in [0.5, 0.6) is 5.75 Å². The molecule has 2 aromatic rings. The quantitative estimate of drug-likeness (QED) is 0.878. The normalized spacial score (nSPS) is 19.8. The van der Waals surface area contributed by atoms with Crippen molar-refractivity contribution in [2.24, 2.45) is 11.7 Å². The number of likely N-dealkylation sites (tertiary alicyclic amines) is 1. The van der Waals surface area contributed by atoms with Gasteiger partial charge in [-0.05, 0) is 42.3 Å². The molecule has 2 N–H and O–H groups in total. The van der Waals surface area contributed by atoms with E-state index in [0.29, 0.717) is 31.8 Å². The first-order valence-corrected chi connectivity index (χ1v) is 8.58. The molecule has 1 saturated heterocycles. The Hall–Kier alpha value is -2.40. The van der Waals surface area contributed by atoms with Gasteiger partial charge in [0.05, 0.1) is 13.0 Å². The molecule has 0 bridgehead atoms. The van der Waals surface area contributed by atoms with Gasteiger partial charge in [-0.15, -0.1) is 0 Å². The van der Waals surface area contributed by atoms with Gasteiger partial charge in [0.15, 0.2) is 0 Å². The van der Waals surface area contributed by atoms with Crippen LogP contribution in [0.2, 0.25) is 0 Å². The molecule has 0 saturated carbocycles. The maximum Gasteiger partial charge on any atom is 0.226 e. The molecule has 0 spiro atoms. The Morgan fingerprint density at radius 3 is 2.52 bits per heavy atom. The summed E-state index contributed by atoms with van der Waals surface area (Å²) in [4.78, 5) is 14.4. The molecule has 25 heavy (non-hydrogen) atoms. The van der Waals surface area contributed by atoms with Crippen molar-refractivity contribution in [1.82, 2.24) is 4.90 Å². The lowest BCUT2D eigenvalue weighted by atomic mass is 9.89. The molecule has 0 aliphatic carbocycles. The maximum atomic E-state index is 12.9. The molecule has 0 unspecified atom stereocenters. The lowest BCUT2D eigenvalue weighted by Gasteiger charge is -2.17. The largest absolute Gasteiger partial charge is 0.493 e. The highest BCUT2D eigenvalue weighted by atomic mass is 19.1. The average Bonchev–Trinajstić information content (AvgIpc) is 3.08. The summed E-state index contributed by atoms with van der Waals surface area (Å²) in [7, 11) is 0. The Balaban J connectivity index is 1.53. The van der Waals surface area contributed by atoms with Crippen LogP contribution in [0.1, 0.15) is 17.9 Å². The molecule has 132 valence electrons. The lowest BCUT2D eigenvalue weighted by molar-refractivity contribution is -0.130. The highest BCUT2D eigenvalue weighted by Crippen LogP contribution is 2.32. The Morgan fingerprint density at radius 2 is 1.84 bits per heavy atom. The third-order valence-electron chi connectivity index (χ3n) is 4.72. The van der Waals surface area contributed by atoms with Crippen molar-refractivity contribution in [1.29, 1.82) is 0 Å². The summed E-state index contributed by atoms with van der Waals surface area (Å²) in [6.07, 6.45) is 0.302. The summed E-state index contributed by atoms with van der Waals surface area (Å²) in [5, 5.41) is 0. The van der Waals surface area contributed by atoms with Crippen molar-refractivity contribution in [2.45, 2.75) is 12.3 Å². The third-order valence-corrected chi connectivity index (χ3v) is 4.72. The van der Waals surface area contributed by atoms with Crippen molar-refractivity contribution in [3.8, 4) is 5.75 Å². The molecular formula is C20H23FN2O2. The first kappa shape index (κ1) is 17.4. The van der Waals surface area contributed by atoms with Gasteiger partial charge in [-0.1, -0.05) is 30.3 Å². The highest BCUT2D eigenvalue weighted by Gasteiger charge is 2.34. The molecule has 2 atom stereocenters. The monoisotopic (exact) mass is 342 g/mol. The van der Waals surface area contributed by atoms with E-state index in [9.17, 15) is 9.18 Å². The Morgan fingerprint density at radius 1 is 1.12 bits per heavy atom. The number of nitrogens with two attached hydrogens (primary N) is 1. The van der Waals surface area contributed by atoms with Crippen LogP contribution in [-0.2, 0) is 4.79 Å². The predicted octanol–water partition coefficient (Wildman–Crippen LogP) is 2.80. The minimum absolute atomic E-state index is 0.0685. The zero-order valence-electron chi connectivity index (χ0n) is 14.1. The van der Waals surface area contributed by atoms with E-state index < -0.39 is 0 Å². The van der Waals surface area contributed by atoms with Gasteiger partial charge in [0, 0.05) is 19.0 Å². The van der Waals surface area contributed by atoms with Crippen LogP contribution >= 0.6 is 0 Å². The second-order valence-electron chi connectivity index (χ2n) is 6.36. The van der Waals surface area contributed by atoms with E-state index in [-0.39, 0.29) is 30.2 Å². The first-order chi connectivity index (χ1) is 12.2. The molecule has 3 rings (SSSR count). The zero-order valence-corrected chi connectivity index (χ0v) is 14.1. The standard InChI is InChI=1S/C20H23FN2O2/c21-17-6-8-18(9-7-17)25-11-10-20(24)23-13-16(12-22)19(14-23)15-4-2-1-3-5-15/h1-9,16,19H,10-14,22H2/t16-,19+/m1/s1. The van der Waals surface area contributed by atoms with Gasteiger partial charge in [0.25, 0.3) is 0 Å². The molecule has 1 aliphatic rings. The van der Waals surface area contributed by atoms with Gasteiger partial charge in [-0.25, -0.2) is 4.39 Å². The molecule has 1 amide bonds. The molecule has 2 aromatic carbocycles. The topological polar surface area (TPSA) is 55.6 Å². The first-order valence-electron chi connectivity index (χ1n) is 8.58. The Kier molecular flexibility index (Phi) is 5.66. The Labute approximate surface area is 147 Å². The number of carbonyl (C=O) groups is 1. The van der Waals surface area contributed by atoms with Crippen LogP contribution in [0.3, 0.4) is 0 Å². The maximum absolute atomic E-state index is 12.9. The van der Waals surface area contributed by atoms with Crippen molar-refractivity contribution < 1.29 is 13.9 Å². The number of ether oxygens (including phenoxy) is 1. The van der Waals surface area contributed by atoms with Crippen LogP contribution in [-0.4, -0.2) is 37.0 Å². The predicted molar refractivity (Wildman–Crippen MR) is 94.8 cm³/mol. The van der Waals surface area contributed by atoms with Gasteiger partial charge >= 0.3 is 0 Å². The number of carbonyl (C=O) groups excluding carboxylic acids is 1. The SMILES string of the molecule is NC[C@@H]1CN(C(=O)CCOc2ccc(F)cc2)C[C@H]1c1ccccc1. The highest BCUT2D eigenvalue weighted by molar-refractivity contribution is 5.76. The minimum Gasteiger partial charge on any atom is -0.493 e. The van der Waals surface area contributed by atoms with E-state index in [0.717, 1.165) is 0 Å². The number of hydrogen-bond acceptors (Lipinski definition) is 3. The smallest absolute Gasteiger partial charge is 0.226 e. The van der Waals surface area contributed by atoms with Gasteiger partial charge in [0.1, 0.15) is 11.6 Å². The fourth-order valence-electron chi connectivity index (χ4n) is 3.34. The van der Waals surface area contributed by atoms with Crippen molar-refractivity contribution >= 4 is 5.91 Å². The summed E-state index contributed by atoms with van der Waals surface area (Å²) < 4.78 is 18.4. The molecule has 0 aromatic heterocycles. The van der Waals surface area contributed by atoms with E-state index in [4.69, 9.17) is 10.5 Å². The van der Waals surface area contributed by atoms with E-state index in [1.165, 1.54) is 17.7 Å². The van der Waals surface area contributed by atoms with Crippen molar-refractivity contribution in [2.75, 3.05) is 26.2 Å². The van der Waals surface area contributed by atoms with E-state index >= 15 is 0 Å². The fourth-order valence-corrected chi connectivity index (χ4v) is 3.34. The summed E-state index contributed by atoms with van der Waals surface area (Å²) in [6.45, 7) is 2.23. The average molecular weight is 342 g/mol. The van der Waals surface area contributed by atoms with Gasteiger partial charge in [0.2, 0.25) is 5.91 Å². The molecule has 1 fully saturated rings. The lowest BCUT2D eigenvalue weighted by Crippen LogP contribution is -2.30. The minimum atomic E-state index is -0.305. The third kappa shape index (κ3) is 4.37. The van der Waals surface area contributed by atoms with E-state index in [1.807, 2.05) is 23.1 Å². The van der Waals surface area contributed by atoms with Crippen LogP contribution in [0.4, 0.5) is 4.39 Å². The number of hydrogen-bond donors (Lipinski definition) is 1. The summed E-state index contributed by atoms with van der Waals surface area (Å²) >= 11 is 0. The number of benzene rings is 2. The molecule has 1 aliphatic heterocycles. The number of amides is 1. The number of halogens is 1. The van der Waals surface area contributed by atoms with E-state index in [1.54, 1.807) is 12.1 Å². The number of rotatable bonds is 6. The number of nitrogens with zero attached hydrogens (tertiary/aromatic N) is 1. The molecule has 0 radical (unpaired) electrons. The van der Waals surface area contributed by atoms with Crippen molar-refractivity contribution in [3.05, 3.63) is 66.0 Å². The van der Waals surface area contributed by atoms with Gasteiger partial charge in [-0.3, -0.25) is 4.79 Å². The Bertz CT molecular complexity index is 691. The van der Waals surface area contributed by atoms with Crippen LogP contribution in [0.15, 0.2) is 54.6 Å². The van der Waals surface area contributed by atoms with Crippen molar-refractivity contribution in [3.63, 3.8) is 0 Å². The molecule has 4 nitrogen and oxygen atoms in total. The molecule has 5 heteroatoms. The summed E-state index contributed by atoms with van der Waals surface area (Å²) in [6, 6.07) is 16.0. The fraction of sp³-hybridized carbons (Fsp3) is 0.350. The van der Waals surface area contributed by atoms with Crippen LogP contribution in [0, 0.1) is 11.7 Å². The van der Waals surface area contributed by atoms with Crippen LogP contribution < -0.4 is 10.5 Å². The zero-order chi connectivity index (χ0) is 17.6. The molecular weight excluding hydrogens is 319 g/mol. The second-order valence-corrected chi connectivity index (χ2v) is 6.36. The summed E-state index contributed by atoms with van der Waals surface area (Å²) in [5.41, 5.74) is 7.15. The molecule has 1 heterocycles. The van der Waals surface area contributed by atoms with Gasteiger partial charge in [-0.2, -0.15) is 0 Å². The second kappa shape index (κ2) is 8.12. The van der Waals surface area contributed by atoms with Crippen LogP contribution in [0.25, 0.3) is 0 Å². The van der Waals surface area contributed by atoms with Gasteiger partial charge < -0.3 is 15.4 Å².